The molecule has 1 aliphatic carbocycles. The van der Waals surface area contributed by atoms with Crippen molar-refractivity contribution >= 4 is 11.8 Å². The molecule has 146 valence electrons. The minimum atomic E-state index is -0.786. The van der Waals surface area contributed by atoms with Gasteiger partial charge < -0.3 is 19.1 Å². The number of Topliss-reactive ketones (excluding diaryl/α,β-unsaturated/α-hetero) is 1. The van der Waals surface area contributed by atoms with Crippen LogP contribution in [0.1, 0.15) is 42.6 Å². The van der Waals surface area contributed by atoms with Gasteiger partial charge in [-0.25, -0.2) is 4.79 Å². The normalized spacial score (nSPS) is 18.1. The van der Waals surface area contributed by atoms with Crippen molar-refractivity contribution in [1.82, 2.24) is 4.57 Å². The van der Waals surface area contributed by atoms with Crippen molar-refractivity contribution in [3.05, 3.63) is 53.6 Å². The minimum Gasteiger partial charge on any atom is -0.509 e. The van der Waals surface area contributed by atoms with E-state index >= 15 is 0 Å². The standard InChI is InChI=1S/C22H23NO5/c1-27-16-8-6-14(7-9-16)15-12-17-19(24)18(21(26)28-2)20(25)22(23(17)13-15)10-4-3-5-11-22/h6-9,12-13,25H,3-5,10-11H2,1-2H3. The molecule has 2 aliphatic rings. The number of ketones is 1. The molecule has 2 heterocycles. The first kappa shape index (κ1) is 18.3. The van der Waals surface area contributed by atoms with Gasteiger partial charge in [-0.2, -0.15) is 0 Å². The van der Waals surface area contributed by atoms with Gasteiger partial charge in [-0.1, -0.05) is 31.4 Å². The highest BCUT2D eigenvalue weighted by molar-refractivity contribution is 6.25. The molecule has 1 spiro atoms. The molecule has 2 aromatic rings. The molecular formula is C22H23NO5. The van der Waals surface area contributed by atoms with E-state index in [1.54, 1.807) is 13.2 Å². The summed E-state index contributed by atoms with van der Waals surface area (Å²) >= 11 is 0. The number of aromatic nitrogens is 1. The summed E-state index contributed by atoms with van der Waals surface area (Å²) in [6.07, 6.45) is 6.17. The molecule has 1 saturated carbocycles. The summed E-state index contributed by atoms with van der Waals surface area (Å²) in [5.74, 6) is -0.695. The minimum absolute atomic E-state index is 0.159. The Bertz CT molecular complexity index is 961. The van der Waals surface area contributed by atoms with Crippen LogP contribution in [0.3, 0.4) is 0 Å². The summed E-state index contributed by atoms with van der Waals surface area (Å²) in [5.41, 5.74) is 1.19. The van der Waals surface area contributed by atoms with Crippen LogP contribution < -0.4 is 4.74 Å². The molecule has 0 amide bonds. The fourth-order valence-electron chi connectivity index (χ4n) is 4.42. The van der Waals surface area contributed by atoms with E-state index < -0.39 is 17.3 Å². The number of hydrogen-bond donors (Lipinski definition) is 1. The molecule has 1 N–H and O–H groups in total. The van der Waals surface area contributed by atoms with Gasteiger partial charge in [-0.15, -0.1) is 0 Å². The van der Waals surface area contributed by atoms with Gasteiger partial charge in [0.15, 0.2) is 0 Å². The van der Waals surface area contributed by atoms with E-state index in [0.717, 1.165) is 36.1 Å². The number of esters is 1. The molecule has 4 rings (SSSR count). The van der Waals surface area contributed by atoms with Gasteiger partial charge in [0.25, 0.3) is 0 Å². The number of benzene rings is 1. The molecule has 6 heteroatoms. The highest BCUT2D eigenvalue weighted by Crippen LogP contribution is 2.46. The van der Waals surface area contributed by atoms with Gasteiger partial charge in [0.2, 0.25) is 5.78 Å². The third-order valence-electron chi connectivity index (χ3n) is 5.91. The summed E-state index contributed by atoms with van der Waals surface area (Å²) in [6.45, 7) is 0. The lowest BCUT2D eigenvalue weighted by atomic mass is 9.76. The van der Waals surface area contributed by atoms with Gasteiger partial charge in [-0.05, 0) is 36.6 Å². The Morgan fingerprint density at radius 3 is 2.36 bits per heavy atom. The predicted octanol–water partition coefficient (Wildman–Crippen LogP) is 4.00. The molecule has 0 bridgehead atoms. The average Bonchev–Trinajstić information content (AvgIpc) is 3.20. The van der Waals surface area contributed by atoms with E-state index in [-0.39, 0.29) is 11.3 Å². The third-order valence-corrected chi connectivity index (χ3v) is 5.91. The first-order chi connectivity index (χ1) is 13.5. The van der Waals surface area contributed by atoms with Crippen molar-refractivity contribution < 1.29 is 24.2 Å². The number of aliphatic hydroxyl groups excluding tert-OH is 1. The summed E-state index contributed by atoms with van der Waals surface area (Å²) in [6, 6.07) is 9.36. The summed E-state index contributed by atoms with van der Waals surface area (Å²) in [5, 5.41) is 11.0. The number of hydrogen-bond acceptors (Lipinski definition) is 5. The fraction of sp³-hybridized carbons (Fsp3) is 0.364. The van der Waals surface area contributed by atoms with Gasteiger partial charge in [0.05, 0.1) is 19.9 Å². The smallest absolute Gasteiger partial charge is 0.345 e. The Kier molecular flexibility index (Phi) is 4.49. The quantitative estimate of drug-likeness (QED) is 0.642. The van der Waals surface area contributed by atoms with Gasteiger partial charge in [0.1, 0.15) is 22.6 Å². The summed E-state index contributed by atoms with van der Waals surface area (Å²) < 4.78 is 11.9. The first-order valence-electron chi connectivity index (χ1n) is 9.46. The number of rotatable bonds is 3. The molecule has 0 unspecified atom stereocenters. The molecule has 28 heavy (non-hydrogen) atoms. The second-order valence-corrected chi connectivity index (χ2v) is 7.35. The maximum Gasteiger partial charge on any atom is 0.345 e. The largest absolute Gasteiger partial charge is 0.509 e. The highest BCUT2D eigenvalue weighted by Gasteiger charge is 2.48. The van der Waals surface area contributed by atoms with Crippen molar-refractivity contribution in [2.45, 2.75) is 37.6 Å². The Morgan fingerprint density at radius 2 is 1.75 bits per heavy atom. The topological polar surface area (TPSA) is 77.8 Å². The molecule has 1 aliphatic heterocycles. The zero-order valence-corrected chi connectivity index (χ0v) is 16.0. The van der Waals surface area contributed by atoms with E-state index in [0.29, 0.717) is 18.5 Å². The van der Waals surface area contributed by atoms with E-state index in [1.807, 2.05) is 35.0 Å². The maximum absolute atomic E-state index is 13.0. The van der Waals surface area contributed by atoms with Gasteiger partial charge in [-0.3, -0.25) is 4.79 Å². The lowest BCUT2D eigenvalue weighted by molar-refractivity contribution is -0.136. The van der Waals surface area contributed by atoms with E-state index in [2.05, 4.69) is 0 Å². The molecule has 6 nitrogen and oxygen atoms in total. The second-order valence-electron chi connectivity index (χ2n) is 7.35. The van der Waals surface area contributed by atoms with Crippen LogP contribution in [0.15, 0.2) is 47.9 Å². The van der Waals surface area contributed by atoms with Crippen molar-refractivity contribution in [2.24, 2.45) is 0 Å². The molecule has 0 radical (unpaired) electrons. The van der Waals surface area contributed by atoms with Crippen LogP contribution in [0.4, 0.5) is 0 Å². The number of carbonyl (C=O) groups is 2. The number of ether oxygens (including phenoxy) is 2. The number of carbonyl (C=O) groups excluding carboxylic acids is 2. The van der Waals surface area contributed by atoms with Crippen LogP contribution in [0.25, 0.3) is 11.1 Å². The lowest BCUT2D eigenvalue weighted by Crippen LogP contribution is -2.45. The van der Waals surface area contributed by atoms with E-state index in [9.17, 15) is 14.7 Å². The van der Waals surface area contributed by atoms with E-state index in [1.165, 1.54) is 7.11 Å². The number of allylic oxidation sites excluding steroid dienone is 1. The molecule has 0 atom stereocenters. The number of nitrogens with zero attached hydrogens (tertiary/aromatic N) is 1. The van der Waals surface area contributed by atoms with Gasteiger partial charge in [0, 0.05) is 11.8 Å². The third kappa shape index (κ3) is 2.63. The molecule has 1 fully saturated rings. The zero-order chi connectivity index (χ0) is 19.9. The Labute approximate surface area is 163 Å². The van der Waals surface area contributed by atoms with Crippen LogP contribution in [-0.4, -0.2) is 35.6 Å². The SMILES string of the molecule is COC(=O)C1=C(O)C2(CCCCC2)n2cc(-c3ccc(OC)cc3)cc2C1=O. The van der Waals surface area contributed by atoms with Crippen molar-refractivity contribution in [3.8, 4) is 16.9 Å². The predicted molar refractivity (Wildman–Crippen MR) is 103 cm³/mol. The van der Waals surface area contributed by atoms with Crippen LogP contribution in [0.2, 0.25) is 0 Å². The van der Waals surface area contributed by atoms with Crippen LogP contribution in [0.5, 0.6) is 5.75 Å². The maximum atomic E-state index is 13.0. The van der Waals surface area contributed by atoms with E-state index in [4.69, 9.17) is 9.47 Å². The summed E-state index contributed by atoms with van der Waals surface area (Å²) in [7, 11) is 2.83. The molecule has 0 saturated heterocycles. The number of methoxy groups -OCH3 is 2. The van der Waals surface area contributed by atoms with Crippen LogP contribution >= 0.6 is 0 Å². The number of fused-ring (bicyclic) bond motifs is 2. The van der Waals surface area contributed by atoms with Crippen LogP contribution in [-0.2, 0) is 15.1 Å². The Balaban J connectivity index is 1.87. The highest BCUT2D eigenvalue weighted by atomic mass is 16.5. The zero-order valence-electron chi connectivity index (χ0n) is 16.0. The Morgan fingerprint density at radius 1 is 1.07 bits per heavy atom. The number of aliphatic hydroxyl groups is 1. The Hall–Kier alpha value is -3.02. The molecule has 1 aromatic carbocycles. The van der Waals surface area contributed by atoms with Crippen molar-refractivity contribution in [1.29, 1.82) is 0 Å². The molecule has 1 aromatic heterocycles. The van der Waals surface area contributed by atoms with Crippen molar-refractivity contribution in [3.63, 3.8) is 0 Å². The summed E-state index contributed by atoms with van der Waals surface area (Å²) in [4.78, 5) is 25.3. The lowest BCUT2D eigenvalue weighted by Gasteiger charge is -2.42. The fourth-order valence-corrected chi connectivity index (χ4v) is 4.42. The van der Waals surface area contributed by atoms with Crippen molar-refractivity contribution in [2.75, 3.05) is 14.2 Å². The van der Waals surface area contributed by atoms with Gasteiger partial charge >= 0.3 is 5.97 Å². The average molecular weight is 381 g/mol. The van der Waals surface area contributed by atoms with Crippen LogP contribution in [0, 0.1) is 0 Å². The second kappa shape index (κ2) is 6.86. The molecular weight excluding hydrogens is 358 g/mol. The monoisotopic (exact) mass is 381 g/mol. The first-order valence-corrected chi connectivity index (χ1v) is 9.46.